The van der Waals surface area contributed by atoms with Gasteiger partial charge in [0, 0.05) is 29.5 Å². The normalized spacial score (nSPS) is 29.1. The summed E-state index contributed by atoms with van der Waals surface area (Å²) in [7, 11) is 0. The van der Waals surface area contributed by atoms with Crippen LogP contribution < -0.4 is 4.90 Å². The molecule has 0 aromatic carbocycles. The second kappa shape index (κ2) is 5.44. The Kier molecular flexibility index (Phi) is 3.78. The van der Waals surface area contributed by atoms with E-state index in [2.05, 4.69) is 17.1 Å². The fraction of sp³-hybridized carbons (Fsp3) is 0.750. The molecule has 2 atom stereocenters. The van der Waals surface area contributed by atoms with Crippen molar-refractivity contribution < 1.29 is 9.90 Å². The van der Waals surface area contributed by atoms with Gasteiger partial charge in [-0.05, 0) is 19.3 Å². The number of hydrogen-bond acceptors (Lipinski definition) is 3. The highest BCUT2D eigenvalue weighted by Gasteiger charge is 2.40. The third-order valence-electron chi connectivity index (χ3n) is 5.39. The van der Waals surface area contributed by atoms with Gasteiger partial charge in [-0.15, -0.1) is 0 Å². The Morgan fingerprint density at radius 3 is 2.71 bits per heavy atom. The number of anilines is 1. The number of hydrogen-bond donors (Lipinski definition) is 2. The Hall–Kier alpha value is -1.36. The highest BCUT2D eigenvalue weighted by Crippen LogP contribution is 2.42. The zero-order valence-corrected chi connectivity index (χ0v) is 12.9. The summed E-state index contributed by atoms with van der Waals surface area (Å²) >= 11 is 0. The molecule has 3 rings (SSSR count). The largest absolute Gasteiger partial charge is 0.373 e. The number of nitrogens with zero attached hydrogens (tertiary/aromatic N) is 2. The van der Waals surface area contributed by atoms with Crippen LogP contribution in [0.15, 0.2) is 6.07 Å². The van der Waals surface area contributed by atoms with Crippen molar-refractivity contribution in [1.82, 2.24) is 10.2 Å². The van der Waals surface area contributed by atoms with Gasteiger partial charge in [-0.25, -0.2) is 0 Å². The molecule has 21 heavy (non-hydrogen) atoms. The predicted octanol–water partition coefficient (Wildman–Crippen LogP) is 2.71. The van der Waals surface area contributed by atoms with Gasteiger partial charge in [-0.2, -0.15) is 5.10 Å². The van der Waals surface area contributed by atoms with Gasteiger partial charge in [0.05, 0.1) is 0 Å². The van der Waals surface area contributed by atoms with E-state index in [1.54, 1.807) is 0 Å². The van der Waals surface area contributed by atoms with Gasteiger partial charge >= 0.3 is 0 Å². The van der Waals surface area contributed by atoms with Crippen molar-refractivity contribution >= 4 is 11.7 Å². The van der Waals surface area contributed by atoms with Crippen LogP contribution in [-0.4, -0.2) is 27.4 Å². The summed E-state index contributed by atoms with van der Waals surface area (Å²) in [5.41, 5.74) is 1.29. The second-order valence-electron chi connectivity index (χ2n) is 6.66. The van der Waals surface area contributed by atoms with E-state index in [-0.39, 0.29) is 17.2 Å². The van der Waals surface area contributed by atoms with Crippen molar-refractivity contribution in [3.63, 3.8) is 0 Å². The predicted molar refractivity (Wildman–Crippen MR) is 80.9 cm³/mol. The molecule has 2 aliphatic rings. The average molecular weight is 291 g/mol. The highest BCUT2D eigenvalue weighted by molar-refractivity contribution is 5.96. The molecule has 1 aromatic heterocycles. The number of aromatic nitrogens is 2. The molecule has 2 fully saturated rings. The number of carbonyl (C=O) groups excluding carboxylic acids is 1. The summed E-state index contributed by atoms with van der Waals surface area (Å²) in [5.74, 6) is 0.412. The molecule has 1 amide bonds. The van der Waals surface area contributed by atoms with E-state index in [1.165, 1.54) is 37.0 Å². The number of amides is 1. The van der Waals surface area contributed by atoms with E-state index in [4.69, 9.17) is 0 Å². The summed E-state index contributed by atoms with van der Waals surface area (Å²) in [6.45, 7) is 4.08. The van der Waals surface area contributed by atoms with Gasteiger partial charge in [0.15, 0.2) is 5.82 Å². The first-order chi connectivity index (χ1) is 10.1. The van der Waals surface area contributed by atoms with Crippen LogP contribution in [0, 0.1) is 5.92 Å². The smallest absolute Gasteiger partial charge is 0.233 e. The van der Waals surface area contributed by atoms with Crippen molar-refractivity contribution in [3.05, 3.63) is 11.8 Å². The lowest BCUT2D eigenvalue weighted by Gasteiger charge is -2.35. The molecule has 5 heteroatoms. The highest BCUT2D eigenvalue weighted by atomic mass is 16.3. The number of carbonyl (C=O) groups is 1. The van der Waals surface area contributed by atoms with E-state index < -0.39 is 6.23 Å². The van der Waals surface area contributed by atoms with Crippen molar-refractivity contribution in [1.29, 1.82) is 0 Å². The fourth-order valence-electron chi connectivity index (χ4n) is 3.92. The Morgan fingerprint density at radius 1 is 1.43 bits per heavy atom. The molecule has 2 N–H and O–H groups in total. The SMILES string of the molecule is CCC1(c2cc(N3C(=O)C(C)CC3O)n[nH]2)CCCCC1. The molecule has 2 heterocycles. The van der Waals surface area contributed by atoms with Crippen molar-refractivity contribution in [2.24, 2.45) is 5.92 Å². The maximum Gasteiger partial charge on any atom is 0.233 e. The number of H-pyrrole nitrogens is 1. The molecule has 1 saturated carbocycles. The zero-order chi connectivity index (χ0) is 15.0. The Morgan fingerprint density at radius 2 is 2.14 bits per heavy atom. The van der Waals surface area contributed by atoms with E-state index in [1.807, 2.05) is 13.0 Å². The molecular formula is C16H25N3O2. The molecular weight excluding hydrogens is 266 g/mol. The molecule has 0 radical (unpaired) electrons. The molecule has 2 unspecified atom stereocenters. The van der Waals surface area contributed by atoms with E-state index in [9.17, 15) is 9.90 Å². The third-order valence-corrected chi connectivity index (χ3v) is 5.39. The maximum atomic E-state index is 12.2. The number of rotatable bonds is 3. The van der Waals surface area contributed by atoms with Crippen LogP contribution in [0.2, 0.25) is 0 Å². The van der Waals surface area contributed by atoms with E-state index in [0.29, 0.717) is 12.2 Å². The van der Waals surface area contributed by atoms with Gasteiger partial charge in [0.1, 0.15) is 6.23 Å². The summed E-state index contributed by atoms with van der Waals surface area (Å²) in [6, 6.07) is 1.98. The minimum atomic E-state index is -0.743. The van der Waals surface area contributed by atoms with Crippen molar-refractivity contribution in [3.8, 4) is 0 Å². The van der Waals surface area contributed by atoms with E-state index >= 15 is 0 Å². The van der Waals surface area contributed by atoms with Gasteiger partial charge in [-0.1, -0.05) is 33.1 Å². The van der Waals surface area contributed by atoms with Crippen molar-refractivity contribution in [2.75, 3.05) is 4.90 Å². The standard InChI is InChI=1S/C16H25N3O2/c1-3-16(7-5-4-6-8-16)12-10-13(18-17-12)19-14(20)9-11(2)15(19)21/h10-11,14,20H,3-9H2,1-2H3,(H,17,18). The van der Waals surface area contributed by atoms with Crippen LogP contribution in [-0.2, 0) is 10.2 Å². The van der Waals surface area contributed by atoms with Crippen LogP contribution >= 0.6 is 0 Å². The number of aliphatic hydroxyl groups excluding tert-OH is 1. The van der Waals surface area contributed by atoms with Crippen molar-refractivity contribution in [2.45, 2.75) is 70.4 Å². The van der Waals surface area contributed by atoms with Crippen LogP contribution in [0.4, 0.5) is 5.82 Å². The minimum absolute atomic E-state index is 0.0326. The van der Waals surface area contributed by atoms with Gasteiger partial charge in [0.2, 0.25) is 5.91 Å². The number of aromatic amines is 1. The Bertz CT molecular complexity index is 519. The van der Waals surface area contributed by atoms with Crippen LogP contribution in [0.3, 0.4) is 0 Å². The zero-order valence-electron chi connectivity index (χ0n) is 12.9. The Labute approximate surface area is 125 Å². The lowest BCUT2D eigenvalue weighted by atomic mass is 9.70. The topological polar surface area (TPSA) is 69.2 Å². The number of nitrogens with one attached hydrogen (secondary N) is 1. The lowest BCUT2D eigenvalue weighted by molar-refractivity contribution is -0.120. The summed E-state index contributed by atoms with van der Waals surface area (Å²) in [5, 5.41) is 17.5. The van der Waals surface area contributed by atoms with Gasteiger partial charge in [0.25, 0.3) is 0 Å². The summed E-state index contributed by atoms with van der Waals surface area (Å²) < 4.78 is 0. The molecule has 1 aromatic rings. The lowest BCUT2D eigenvalue weighted by Crippen LogP contribution is -2.33. The first-order valence-electron chi connectivity index (χ1n) is 8.14. The molecule has 0 spiro atoms. The second-order valence-corrected chi connectivity index (χ2v) is 6.66. The minimum Gasteiger partial charge on any atom is -0.373 e. The molecule has 5 nitrogen and oxygen atoms in total. The maximum absolute atomic E-state index is 12.2. The van der Waals surface area contributed by atoms with E-state index in [0.717, 1.165) is 12.1 Å². The quantitative estimate of drug-likeness (QED) is 0.899. The van der Waals surface area contributed by atoms with Gasteiger partial charge in [-0.3, -0.25) is 14.8 Å². The first-order valence-corrected chi connectivity index (χ1v) is 8.14. The van der Waals surface area contributed by atoms with Crippen LogP contribution in [0.1, 0.15) is 64.5 Å². The van der Waals surface area contributed by atoms with Gasteiger partial charge < -0.3 is 5.11 Å². The number of aliphatic hydroxyl groups is 1. The molecule has 1 saturated heterocycles. The Balaban J connectivity index is 1.87. The molecule has 1 aliphatic carbocycles. The van der Waals surface area contributed by atoms with Crippen LogP contribution in [0.5, 0.6) is 0 Å². The molecule has 116 valence electrons. The average Bonchev–Trinajstić information content (AvgIpc) is 3.06. The van der Waals surface area contributed by atoms with Crippen LogP contribution in [0.25, 0.3) is 0 Å². The molecule has 0 bridgehead atoms. The summed E-state index contributed by atoms with van der Waals surface area (Å²) in [6.07, 6.45) is 7.00. The third kappa shape index (κ3) is 2.37. The monoisotopic (exact) mass is 291 g/mol. The molecule has 1 aliphatic heterocycles. The fourth-order valence-corrected chi connectivity index (χ4v) is 3.92. The first kappa shape index (κ1) is 14.6. The summed E-state index contributed by atoms with van der Waals surface area (Å²) in [4.78, 5) is 13.6.